The van der Waals surface area contributed by atoms with Crippen LogP contribution in [0.5, 0.6) is 11.5 Å². The third kappa shape index (κ3) is 7.27. The molecule has 0 radical (unpaired) electrons. The number of ether oxygens (including phenoxy) is 1. The third-order valence-electron chi connectivity index (χ3n) is 16.4. The van der Waals surface area contributed by atoms with Crippen LogP contribution in [0.15, 0.2) is 322 Å². The zero-order valence-corrected chi connectivity index (χ0v) is 45.5. The SMILES string of the molecule is c1ccc(-c2ccc(N(c3ccc([Si](c4ccccc4)(c4ccccc4)c4ccccc4)cc3)c3ccc4c(c3)[Si]3(c5ccccc5Oc5ccccc53)c3ccccc3[Si]4(c3ccccc3)c3ccccc3)cc2)cc1. The average Bonchev–Trinajstić information content (AvgIpc) is 3.62. The number of benzene rings is 12. The van der Waals surface area contributed by atoms with Gasteiger partial charge in [-0.05, 0) is 122 Å². The highest BCUT2D eigenvalue weighted by atomic mass is 28.3. The molecule has 364 valence electrons. The molecule has 0 N–H and O–H groups in total. The summed E-state index contributed by atoms with van der Waals surface area (Å²) in [6.07, 6.45) is 0. The van der Waals surface area contributed by atoms with Gasteiger partial charge in [0.15, 0.2) is 24.2 Å². The number of para-hydroxylation sites is 2. The molecule has 0 aliphatic carbocycles. The van der Waals surface area contributed by atoms with Gasteiger partial charge in [-0.2, -0.15) is 0 Å². The largest absolute Gasteiger partial charge is 0.458 e. The van der Waals surface area contributed by atoms with Crippen molar-refractivity contribution < 1.29 is 4.74 Å². The predicted molar refractivity (Wildman–Crippen MR) is 331 cm³/mol. The van der Waals surface area contributed by atoms with Crippen LogP contribution in [0.2, 0.25) is 0 Å². The van der Waals surface area contributed by atoms with E-state index in [0.29, 0.717) is 0 Å². The van der Waals surface area contributed by atoms with Gasteiger partial charge < -0.3 is 9.64 Å². The number of rotatable bonds is 10. The Morgan fingerprint density at radius 1 is 0.247 bits per heavy atom. The summed E-state index contributed by atoms with van der Waals surface area (Å²) in [5.41, 5.74) is 5.66. The number of hydrogen-bond donors (Lipinski definition) is 0. The maximum atomic E-state index is 6.99. The van der Waals surface area contributed by atoms with Crippen molar-refractivity contribution in [2.75, 3.05) is 4.90 Å². The highest BCUT2D eigenvalue weighted by Gasteiger charge is 2.59. The minimum Gasteiger partial charge on any atom is -0.458 e. The first-order chi connectivity index (χ1) is 38.2. The fourth-order valence-electron chi connectivity index (χ4n) is 13.3. The van der Waals surface area contributed by atoms with Crippen molar-refractivity contribution in [3.8, 4) is 22.6 Å². The molecule has 12 aromatic rings. The molecule has 0 saturated carbocycles. The van der Waals surface area contributed by atoms with Gasteiger partial charge in [0.25, 0.3) is 0 Å². The highest BCUT2D eigenvalue weighted by molar-refractivity contribution is 7.33. The van der Waals surface area contributed by atoms with Crippen LogP contribution in [-0.4, -0.2) is 24.2 Å². The van der Waals surface area contributed by atoms with Gasteiger partial charge in [-0.3, -0.25) is 0 Å². The second kappa shape index (κ2) is 19.2. The molecule has 0 atom stereocenters. The minimum absolute atomic E-state index is 0.935. The fourth-order valence-corrected chi connectivity index (χ4v) is 30.3. The van der Waals surface area contributed by atoms with Crippen LogP contribution in [0.4, 0.5) is 17.1 Å². The Labute approximate surface area is 454 Å². The molecule has 0 unspecified atom stereocenters. The Bertz CT molecular complexity index is 3860. The lowest BCUT2D eigenvalue weighted by Gasteiger charge is -2.50. The van der Waals surface area contributed by atoms with E-state index in [2.05, 4.69) is 326 Å². The first-order valence-electron chi connectivity index (χ1n) is 26.7. The molecule has 1 spiro atoms. The molecular weight excluding hydrogens is 979 g/mol. The van der Waals surface area contributed by atoms with E-state index >= 15 is 0 Å². The Morgan fingerprint density at radius 3 is 1.06 bits per heavy atom. The molecule has 0 fully saturated rings. The van der Waals surface area contributed by atoms with Crippen LogP contribution in [0.3, 0.4) is 0 Å². The maximum Gasteiger partial charge on any atom is 0.188 e. The molecule has 2 heterocycles. The predicted octanol–water partition coefficient (Wildman–Crippen LogP) is 9.37. The van der Waals surface area contributed by atoms with Crippen molar-refractivity contribution in [1.29, 1.82) is 0 Å². The topological polar surface area (TPSA) is 12.5 Å². The van der Waals surface area contributed by atoms with Crippen LogP contribution in [0.25, 0.3) is 11.1 Å². The fraction of sp³-hybridized carbons (Fsp3) is 0. The third-order valence-corrected chi connectivity index (χ3v) is 31.5. The monoisotopic (exact) mass is 1030 g/mol. The number of hydrogen-bond acceptors (Lipinski definition) is 2. The van der Waals surface area contributed by atoms with Gasteiger partial charge in [-0.1, -0.05) is 273 Å². The normalized spacial score (nSPS) is 13.5. The zero-order chi connectivity index (χ0) is 51.2. The zero-order valence-electron chi connectivity index (χ0n) is 42.5. The number of anilines is 3. The standard InChI is InChI=1S/C72H53NOSi3/c1-7-25-54(26-8-1)55-43-45-56(46-44-55)73(57-47-50-64(51-48-57)75(59-27-9-2-10-28-59,60-29-11-3-12-30-60)61-31-13-4-14-32-61)58-49-52-71-72(53-58)77(67-39-21-19-37-65(67)74-66-38-20-22-40-68(66)77)70-42-24-23-41-69(70)76(71,62-33-15-5-16-34-62)63-35-17-6-18-36-63/h1-53H. The summed E-state index contributed by atoms with van der Waals surface area (Å²) in [7, 11) is -9.04. The van der Waals surface area contributed by atoms with Gasteiger partial charge in [0, 0.05) is 17.1 Å². The van der Waals surface area contributed by atoms with Gasteiger partial charge in [-0.25, -0.2) is 0 Å². The van der Waals surface area contributed by atoms with E-state index in [4.69, 9.17) is 4.74 Å². The Hall–Kier alpha value is -9.11. The van der Waals surface area contributed by atoms with Gasteiger partial charge in [-0.15, -0.1) is 0 Å². The van der Waals surface area contributed by atoms with Crippen molar-refractivity contribution in [2.45, 2.75) is 0 Å². The molecule has 0 bridgehead atoms. The summed E-state index contributed by atoms with van der Waals surface area (Å²) in [6.45, 7) is 0. The van der Waals surface area contributed by atoms with E-state index in [1.165, 1.54) is 73.4 Å². The van der Waals surface area contributed by atoms with Crippen LogP contribution < -0.4 is 71.9 Å². The number of fused-ring (bicyclic) bond motifs is 8. The lowest BCUT2D eigenvalue weighted by Crippen LogP contribution is -2.93. The summed E-state index contributed by atoms with van der Waals surface area (Å²) in [5, 5.41) is 16.4. The lowest BCUT2D eigenvalue weighted by molar-refractivity contribution is 0.487. The lowest BCUT2D eigenvalue weighted by atomic mass is 10.0. The molecule has 2 aliphatic heterocycles. The van der Waals surface area contributed by atoms with E-state index < -0.39 is 24.2 Å². The van der Waals surface area contributed by atoms with Crippen molar-refractivity contribution in [3.05, 3.63) is 322 Å². The van der Waals surface area contributed by atoms with Crippen LogP contribution >= 0.6 is 0 Å². The van der Waals surface area contributed by atoms with Crippen LogP contribution in [0.1, 0.15) is 0 Å². The summed E-state index contributed by atoms with van der Waals surface area (Å²) >= 11 is 0. The highest BCUT2D eigenvalue weighted by Crippen LogP contribution is 2.37. The summed E-state index contributed by atoms with van der Waals surface area (Å²) in [6, 6.07) is 121. The van der Waals surface area contributed by atoms with Crippen molar-refractivity contribution in [2.24, 2.45) is 0 Å². The summed E-state index contributed by atoms with van der Waals surface area (Å²) in [5.74, 6) is 1.87. The maximum absolute atomic E-state index is 6.99. The second-order valence-electron chi connectivity index (χ2n) is 20.2. The van der Waals surface area contributed by atoms with E-state index in [1.807, 2.05) is 0 Å². The molecule has 0 aromatic heterocycles. The molecule has 2 nitrogen and oxygen atoms in total. The molecule has 5 heteroatoms. The van der Waals surface area contributed by atoms with Gasteiger partial charge in [0.05, 0.1) is 0 Å². The van der Waals surface area contributed by atoms with Crippen molar-refractivity contribution in [1.82, 2.24) is 0 Å². The molecular formula is C72H53NOSi3. The van der Waals surface area contributed by atoms with Crippen LogP contribution in [0, 0.1) is 0 Å². The van der Waals surface area contributed by atoms with E-state index in [-0.39, 0.29) is 0 Å². The molecule has 0 saturated heterocycles. The molecule has 77 heavy (non-hydrogen) atoms. The molecule has 14 rings (SSSR count). The van der Waals surface area contributed by atoms with Gasteiger partial charge >= 0.3 is 0 Å². The van der Waals surface area contributed by atoms with Crippen molar-refractivity contribution >= 4 is 104 Å². The smallest absolute Gasteiger partial charge is 0.188 e. The van der Waals surface area contributed by atoms with Gasteiger partial charge in [0.1, 0.15) is 11.5 Å². The molecule has 12 aromatic carbocycles. The first-order valence-corrected chi connectivity index (χ1v) is 32.7. The second-order valence-corrected chi connectivity index (χ2v) is 31.4. The van der Waals surface area contributed by atoms with E-state index in [9.17, 15) is 0 Å². The summed E-state index contributed by atoms with van der Waals surface area (Å²) in [4.78, 5) is 2.50. The summed E-state index contributed by atoms with van der Waals surface area (Å²) < 4.78 is 6.99. The van der Waals surface area contributed by atoms with E-state index in [1.54, 1.807) is 0 Å². The Morgan fingerprint density at radius 2 is 0.584 bits per heavy atom. The van der Waals surface area contributed by atoms with E-state index in [0.717, 1.165) is 28.6 Å². The minimum atomic E-state index is -3.20. The van der Waals surface area contributed by atoms with Gasteiger partial charge in [0.2, 0.25) is 0 Å². The Kier molecular flexibility index (Phi) is 11.6. The molecule has 2 aliphatic rings. The Balaban J connectivity index is 1.06. The van der Waals surface area contributed by atoms with Crippen molar-refractivity contribution in [3.63, 3.8) is 0 Å². The quantitative estimate of drug-likeness (QED) is 0.100. The first kappa shape index (κ1) is 46.4. The average molecular weight is 1030 g/mol. The van der Waals surface area contributed by atoms with Crippen LogP contribution in [-0.2, 0) is 0 Å². The number of nitrogens with zero attached hydrogens (tertiary/aromatic N) is 1. The molecule has 0 amide bonds.